The zero-order valence-electron chi connectivity index (χ0n) is 11.8. The number of aryl methyl sites for hydroxylation is 1. The molecular weight excluding hydrogens is 274 g/mol. The first-order chi connectivity index (χ1) is 9.49. The van der Waals surface area contributed by atoms with Crippen molar-refractivity contribution < 1.29 is 4.79 Å². The highest BCUT2D eigenvalue weighted by Crippen LogP contribution is 2.35. The number of thiophene rings is 1. The fourth-order valence-electron chi connectivity index (χ4n) is 2.70. The molecule has 1 aliphatic carbocycles. The van der Waals surface area contributed by atoms with Gasteiger partial charge in [-0.05, 0) is 44.6 Å². The van der Waals surface area contributed by atoms with Crippen molar-refractivity contribution in [2.24, 2.45) is 5.92 Å². The number of nitrogens with zero attached hydrogens (tertiary/aromatic N) is 3. The molecule has 106 valence electrons. The fraction of sp³-hybridized carbons (Fsp3) is 0.571. The highest BCUT2D eigenvalue weighted by Gasteiger charge is 2.25. The van der Waals surface area contributed by atoms with Crippen LogP contribution in [0.25, 0.3) is 10.2 Å². The van der Waals surface area contributed by atoms with Crippen LogP contribution in [0.4, 0.5) is 0 Å². The maximum atomic E-state index is 12.6. The molecule has 0 N–H and O–H groups in total. The number of carbonyl (C=O) groups excluding carboxylic acids is 1. The molecule has 2 aromatic heterocycles. The standard InChI is InChI=1S/C14H17N3O2S/c1-7-4-5-10-11(6-7)20-13-12(10)14(19)17(16-15-13)8(2)9(3)18/h7-8H,4-6H2,1-3H3/t7-,8-/m1/s1. The van der Waals surface area contributed by atoms with E-state index in [1.807, 2.05) is 0 Å². The van der Waals surface area contributed by atoms with Crippen LogP contribution in [-0.4, -0.2) is 20.8 Å². The Kier molecular flexibility index (Phi) is 3.20. The SMILES string of the molecule is CC(=O)[C@@H](C)n1nnc2sc3c(c2c1=O)CC[C@@H](C)C3. The van der Waals surface area contributed by atoms with Gasteiger partial charge in [0.15, 0.2) is 10.6 Å². The zero-order chi connectivity index (χ0) is 14.4. The number of hydrogen-bond acceptors (Lipinski definition) is 5. The van der Waals surface area contributed by atoms with Crippen molar-refractivity contribution in [2.75, 3.05) is 0 Å². The average Bonchev–Trinajstić information content (AvgIpc) is 2.76. The molecule has 2 aromatic rings. The predicted molar refractivity (Wildman–Crippen MR) is 78.3 cm³/mol. The molecule has 0 unspecified atom stereocenters. The summed E-state index contributed by atoms with van der Waals surface area (Å²) in [4.78, 5) is 26.1. The van der Waals surface area contributed by atoms with Gasteiger partial charge in [0, 0.05) is 4.88 Å². The Labute approximate surface area is 120 Å². The Hall–Kier alpha value is -1.56. The van der Waals surface area contributed by atoms with E-state index in [2.05, 4.69) is 17.2 Å². The van der Waals surface area contributed by atoms with Gasteiger partial charge in [-0.25, -0.2) is 4.68 Å². The molecule has 2 heterocycles. The lowest BCUT2D eigenvalue weighted by Gasteiger charge is -2.17. The number of aromatic nitrogens is 3. The number of hydrogen-bond donors (Lipinski definition) is 0. The maximum absolute atomic E-state index is 12.6. The van der Waals surface area contributed by atoms with Gasteiger partial charge in [0.05, 0.1) is 5.39 Å². The first-order valence-corrected chi connectivity index (χ1v) is 7.71. The second-order valence-corrected chi connectivity index (χ2v) is 6.74. The third-order valence-corrected chi connectivity index (χ3v) is 5.24. The van der Waals surface area contributed by atoms with Crippen LogP contribution in [0.3, 0.4) is 0 Å². The molecule has 0 amide bonds. The summed E-state index contributed by atoms with van der Waals surface area (Å²) < 4.78 is 1.22. The number of rotatable bonds is 2. The van der Waals surface area contributed by atoms with Gasteiger partial charge < -0.3 is 0 Å². The Bertz CT molecular complexity index is 747. The van der Waals surface area contributed by atoms with Crippen molar-refractivity contribution in [3.8, 4) is 0 Å². The van der Waals surface area contributed by atoms with Gasteiger partial charge in [0.2, 0.25) is 0 Å². The molecule has 20 heavy (non-hydrogen) atoms. The van der Waals surface area contributed by atoms with Crippen LogP contribution in [0.2, 0.25) is 0 Å². The molecular formula is C14H17N3O2S. The molecule has 0 saturated carbocycles. The predicted octanol–water partition coefficient (Wildman–Crippen LogP) is 2.13. The Morgan fingerprint density at radius 3 is 2.95 bits per heavy atom. The molecule has 0 radical (unpaired) electrons. The van der Waals surface area contributed by atoms with Crippen LogP contribution >= 0.6 is 11.3 Å². The summed E-state index contributed by atoms with van der Waals surface area (Å²) in [5.41, 5.74) is 0.956. The fourth-order valence-corrected chi connectivity index (χ4v) is 4.02. The molecule has 0 bridgehead atoms. The summed E-state index contributed by atoms with van der Waals surface area (Å²) >= 11 is 1.57. The van der Waals surface area contributed by atoms with Crippen LogP contribution in [0.1, 0.15) is 43.7 Å². The third kappa shape index (κ3) is 1.98. The largest absolute Gasteiger partial charge is 0.298 e. The van der Waals surface area contributed by atoms with E-state index in [4.69, 9.17) is 0 Å². The van der Waals surface area contributed by atoms with E-state index in [0.717, 1.165) is 24.8 Å². The van der Waals surface area contributed by atoms with Crippen molar-refractivity contribution in [1.82, 2.24) is 15.0 Å². The van der Waals surface area contributed by atoms with Gasteiger partial charge in [0.1, 0.15) is 6.04 Å². The quantitative estimate of drug-likeness (QED) is 0.850. The van der Waals surface area contributed by atoms with E-state index in [1.165, 1.54) is 16.5 Å². The van der Waals surface area contributed by atoms with Crippen LogP contribution in [0.5, 0.6) is 0 Å². The summed E-state index contributed by atoms with van der Waals surface area (Å²) in [7, 11) is 0. The molecule has 6 heteroatoms. The molecule has 0 spiro atoms. The van der Waals surface area contributed by atoms with Crippen LogP contribution in [0, 0.1) is 5.92 Å². The van der Waals surface area contributed by atoms with E-state index in [9.17, 15) is 9.59 Å². The number of ketones is 1. The minimum absolute atomic E-state index is 0.0848. The van der Waals surface area contributed by atoms with Gasteiger partial charge in [-0.1, -0.05) is 12.1 Å². The second-order valence-electron chi connectivity index (χ2n) is 5.66. The first-order valence-electron chi connectivity index (χ1n) is 6.89. The molecule has 1 aliphatic rings. The third-order valence-electron chi connectivity index (χ3n) is 4.10. The van der Waals surface area contributed by atoms with Gasteiger partial charge in [-0.15, -0.1) is 16.4 Å². The van der Waals surface area contributed by atoms with Gasteiger partial charge >= 0.3 is 0 Å². The number of Topliss-reactive ketones (excluding diaryl/α,β-unsaturated/α-hetero) is 1. The summed E-state index contributed by atoms with van der Waals surface area (Å²) in [6, 6.07) is -0.558. The smallest absolute Gasteiger partial charge is 0.279 e. The van der Waals surface area contributed by atoms with Crippen molar-refractivity contribution >= 4 is 27.3 Å². The highest BCUT2D eigenvalue weighted by atomic mass is 32.1. The molecule has 5 nitrogen and oxygen atoms in total. The summed E-state index contributed by atoms with van der Waals surface area (Å²) in [6.45, 7) is 5.38. The van der Waals surface area contributed by atoms with E-state index in [-0.39, 0.29) is 11.3 Å². The molecule has 0 aromatic carbocycles. The van der Waals surface area contributed by atoms with Crippen molar-refractivity contribution in [3.05, 3.63) is 20.8 Å². The Morgan fingerprint density at radius 1 is 1.50 bits per heavy atom. The summed E-state index contributed by atoms with van der Waals surface area (Å²) in [5.74, 6) is 0.570. The van der Waals surface area contributed by atoms with Crippen LogP contribution < -0.4 is 5.56 Å². The Balaban J connectivity index is 2.23. The maximum Gasteiger partial charge on any atom is 0.279 e. The Morgan fingerprint density at radius 2 is 2.25 bits per heavy atom. The van der Waals surface area contributed by atoms with Crippen LogP contribution in [0.15, 0.2) is 4.79 Å². The topological polar surface area (TPSA) is 64.8 Å². The van der Waals surface area contributed by atoms with Crippen molar-refractivity contribution in [3.63, 3.8) is 0 Å². The highest BCUT2D eigenvalue weighted by molar-refractivity contribution is 7.18. The van der Waals surface area contributed by atoms with Crippen molar-refractivity contribution in [2.45, 2.75) is 46.1 Å². The van der Waals surface area contributed by atoms with E-state index < -0.39 is 6.04 Å². The minimum Gasteiger partial charge on any atom is -0.298 e. The molecule has 0 fully saturated rings. The molecule has 0 aliphatic heterocycles. The average molecular weight is 291 g/mol. The lowest BCUT2D eigenvalue weighted by molar-refractivity contribution is -0.120. The number of fused-ring (bicyclic) bond motifs is 3. The van der Waals surface area contributed by atoms with Crippen molar-refractivity contribution in [1.29, 1.82) is 0 Å². The lowest BCUT2D eigenvalue weighted by atomic mass is 9.89. The normalized spacial score (nSPS) is 19.9. The summed E-state index contributed by atoms with van der Waals surface area (Å²) in [5, 5.41) is 8.77. The minimum atomic E-state index is -0.558. The van der Waals surface area contributed by atoms with Gasteiger partial charge in [-0.3, -0.25) is 9.59 Å². The van der Waals surface area contributed by atoms with Gasteiger partial charge in [0.25, 0.3) is 5.56 Å². The molecule has 3 rings (SSSR count). The van der Waals surface area contributed by atoms with E-state index in [0.29, 0.717) is 16.1 Å². The van der Waals surface area contributed by atoms with Crippen LogP contribution in [-0.2, 0) is 17.6 Å². The summed E-state index contributed by atoms with van der Waals surface area (Å²) in [6.07, 6.45) is 3.03. The van der Waals surface area contributed by atoms with E-state index in [1.54, 1.807) is 18.3 Å². The molecule has 2 atom stereocenters. The van der Waals surface area contributed by atoms with E-state index >= 15 is 0 Å². The molecule has 0 saturated heterocycles. The first kappa shape index (κ1) is 13.4. The zero-order valence-corrected chi connectivity index (χ0v) is 12.7. The van der Waals surface area contributed by atoms with Gasteiger partial charge in [-0.2, -0.15) is 0 Å². The number of carbonyl (C=O) groups is 1. The second kappa shape index (κ2) is 4.77. The monoisotopic (exact) mass is 291 g/mol. The lowest BCUT2D eigenvalue weighted by Crippen LogP contribution is -2.30.